The van der Waals surface area contributed by atoms with Crippen LogP contribution in [0.3, 0.4) is 0 Å². The minimum atomic E-state index is 0.361. The lowest BCUT2D eigenvalue weighted by Gasteiger charge is -2.23. The van der Waals surface area contributed by atoms with Gasteiger partial charge in [-0.3, -0.25) is 0 Å². The second kappa shape index (κ2) is 11.8. The van der Waals surface area contributed by atoms with Gasteiger partial charge in [0.2, 0.25) is 0 Å². The second-order valence-electron chi connectivity index (χ2n) is 7.35. The van der Waals surface area contributed by atoms with Crippen LogP contribution in [-0.2, 0) is 18.9 Å². The minimum absolute atomic E-state index is 0.361. The zero-order chi connectivity index (χ0) is 18.3. The second-order valence-corrected chi connectivity index (χ2v) is 14.3. The first-order valence-corrected chi connectivity index (χ1v) is 14.9. The van der Waals surface area contributed by atoms with Crippen LogP contribution in [-0.4, -0.2) is 107 Å². The highest BCUT2D eigenvalue weighted by molar-refractivity contribution is 8.07. The van der Waals surface area contributed by atoms with E-state index in [0.29, 0.717) is 10.5 Å². The van der Waals surface area contributed by atoms with Crippen LogP contribution in [0.5, 0.6) is 0 Å². The van der Waals surface area contributed by atoms with E-state index >= 15 is 0 Å². The third kappa shape index (κ3) is 10.4. The van der Waals surface area contributed by atoms with Crippen LogP contribution >= 0.6 is 58.8 Å². The first-order valence-electron chi connectivity index (χ1n) is 9.78. The zero-order valence-corrected chi connectivity index (χ0v) is 19.7. The fraction of sp³-hybridized carbons (Fsp3) is 1.00. The summed E-state index contributed by atoms with van der Waals surface area (Å²) >= 11 is 9.92. The molecule has 4 nitrogen and oxygen atoms in total. The summed E-state index contributed by atoms with van der Waals surface area (Å²) in [4.78, 5) is 0. The van der Waals surface area contributed by atoms with Crippen molar-refractivity contribution < 1.29 is 18.9 Å². The molecule has 4 saturated heterocycles. The molecular weight excluding hydrogens is 441 g/mol. The van der Waals surface area contributed by atoms with E-state index in [1.807, 2.05) is 58.8 Å². The fourth-order valence-electron chi connectivity index (χ4n) is 2.51. The van der Waals surface area contributed by atoms with Crippen LogP contribution < -0.4 is 0 Å². The Balaban J connectivity index is 1.18. The zero-order valence-electron chi connectivity index (χ0n) is 15.6. The smallest absolute Gasteiger partial charge is 0.0608 e. The molecule has 4 unspecified atom stereocenters. The number of ether oxygens (including phenoxy) is 4. The quantitative estimate of drug-likeness (QED) is 0.281. The molecule has 27 heavy (non-hydrogen) atoms. The Morgan fingerprint density at radius 2 is 0.815 bits per heavy atom. The Bertz CT molecular complexity index is 356. The van der Waals surface area contributed by atoms with Gasteiger partial charge in [0.05, 0.1) is 63.4 Å². The molecule has 4 heterocycles. The van der Waals surface area contributed by atoms with E-state index in [9.17, 15) is 0 Å². The maximum atomic E-state index is 5.98. The topological polar surface area (TPSA) is 36.9 Å². The number of rotatable bonds is 18. The molecule has 0 amide bonds. The molecule has 4 atom stereocenters. The van der Waals surface area contributed by atoms with Crippen molar-refractivity contribution in [2.24, 2.45) is 0 Å². The summed E-state index contributed by atoms with van der Waals surface area (Å²) in [5.41, 5.74) is 0. The first kappa shape index (κ1) is 21.8. The normalized spacial score (nSPS) is 32.9. The van der Waals surface area contributed by atoms with Gasteiger partial charge in [-0.2, -0.15) is 47.0 Å². The summed E-state index contributed by atoms with van der Waals surface area (Å²) in [7, 11) is 0. The maximum Gasteiger partial charge on any atom is 0.0608 e. The number of hydrogen-bond acceptors (Lipinski definition) is 9. The SMILES string of the molecule is C(OCC(COCC1CS1)SC(COCC1CS1)COCC1CS1)C1CS1. The van der Waals surface area contributed by atoms with E-state index in [1.54, 1.807) is 0 Å². The Kier molecular flexibility index (Phi) is 9.56. The van der Waals surface area contributed by atoms with Crippen molar-refractivity contribution >= 4 is 58.8 Å². The molecule has 0 aromatic carbocycles. The molecular formula is C18H30O4S5. The Labute approximate surface area is 184 Å². The summed E-state index contributed by atoms with van der Waals surface area (Å²) < 4.78 is 23.9. The van der Waals surface area contributed by atoms with Gasteiger partial charge in [-0.1, -0.05) is 0 Å². The summed E-state index contributed by atoms with van der Waals surface area (Å²) in [5, 5.41) is 3.64. The van der Waals surface area contributed by atoms with Crippen LogP contribution in [0.15, 0.2) is 0 Å². The molecule has 4 aliphatic rings. The van der Waals surface area contributed by atoms with Crippen molar-refractivity contribution in [3.63, 3.8) is 0 Å². The molecule has 4 rings (SSSR count). The summed E-state index contributed by atoms with van der Waals surface area (Å²) in [6.45, 7) is 6.62. The average molecular weight is 471 g/mol. The predicted molar refractivity (Wildman–Crippen MR) is 123 cm³/mol. The van der Waals surface area contributed by atoms with Crippen molar-refractivity contribution in [2.75, 3.05) is 75.9 Å². The van der Waals surface area contributed by atoms with E-state index in [4.69, 9.17) is 18.9 Å². The Hall–Kier alpha value is 1.59. The lowest BCUT2D eigenvalue weighted by molar-refractivity contribution is 0.0869. The Morgan fingerprint density at radius 3 is 1.04 bits per heavy atom. The summed E-state index contributed by atoms with van der Waals surface area (Å²) in [6, 6.07) is 0. The maximum absolute atomic E-state index is 5.98. The molecule has 0 spiro atoms. The van der Waals surface area contributed by atoms with Gasteiger partial charge in [-0.05, 0) is 0 Å². The molecule has 0 radical (unpaired) electrons. The highest BCUT2D eigenvalue weighted by atomic mass is 32.2. The fourth-order valence-corrected chi connectivity index (χ4v) is 5.45. The molecule has 0 N–H and O–H groups in total. The lowest BCUT2D eigenvalue weighted by atomic mass is 10.4. The molecule has 0 aliphatic carbocycles. The highest BCUT2D eigenvalue weighted by Gasteiger charge is 2.28. The molecule has 0 aromatic rings. The van der Waals surface area contributed by atoms with E-state index in [-0.39, 0.29) is 0 Å². The molecule has 156 valence electrons. The predicted octanol–water partition coefficient (Wildman–Crippen LogP) is 2.98. The number of hydrogen-bond donors (Lipinski definition) is 0. The first-order chi connectivity index (χ1) is 13.3. The van der Waals surface area contributed by atoms with Gasteiger partial charge in [0, 0.05) is 44.0 Å². The summed E-state index contributed by atoms with van der Waals surface area (Å²) in [5.74, 6) is 5.04. The molecule has 0 aromatic heterocycles. The van der Waals surface area contributed by atoms with Gasteiger partial charge in [0.1, 0.15) is 0 Å². The van der Waals surface area contributed by atoms with Gasteiger partial charge in [0.25, 0.3) is 0 Å². The molecule has 4 fully saturated rings. The van der Waals surface area contributed by atoms with Crippen LogP contribution in [0.4, 0.5) is 0 Å². The lowest BCUT2D eigenvalue weighted by Crippen LogP contribution is -2.29. The van der Waals surface area contributed by atoms with Gasteiger partial charge >= 0.3 is 0 Å². The van der Waals surface area contributed by atoms with Crippen molar-refractivity contribution in [2.45, 2.75) is 31.5 Å². The Morgan fingerprint density at radius 1 is 0.556 bits per heavy atom. The van der Waals surface area contributed by atoms with E-state index < -0.39 is 0 Å². The van der Waals surface area contributed by atoms with Gasteiger partial charge in [0.15, 0.2) is 0 Å². The van der Waals surface area contributed by atoms with Crippen LogP contribution in [0.2, 0.25) is 0 Å². The molecule has 0 saturated carbocycles. The van der Waals surface area contributed by atoms with Crippen LogP contribution in [0, 0.1) is 0 Å². The van der Waals surface area contributed by atoms with E-state index in [0.717, 1.165) is 73.9 Å². The standard InChI is InChI=1S/C18H30O4S5/c1(19-5-15-9-23-15)13(2-20-6-16-10-24-16)27-14(3-21-7-17-11-25-17)4-22-8-18-12-26-18/h13-18H,1-12H2. The summed E-state index contributed by atoms with van der Waals surface area (Å²) in [6.07, 6.45) is 0. The van der Waals surface area contributed by atoms with E-state index in [1.165, 1.54) is 23.0 Å². The minimum Gasteiger partial charge on any atom is -0.379 e. The largest absolute Gasteiger partial charge is 0.379 e. The van der Waals surface area contributed by atoms with Gasteiger partial charge < -0.3 is 18.9 Å². The van der Waals surface area contributed by atoms with Crippen molar-refractivity contribution in [1.82, 2.24) is 0 Å². The van der Waals surface area contributed by atoms with Crippen molar-refractivity contribution in [3.05, 3.63) is 0 Å². The van der Waals surface area contributed by atoms with Crippen LogP contribution in [0.1, 0.15) is 0 Å². The third-order valence-electron chi connectivity index (χ3n) is 4.42. The average Bonchev–Trinajstić information content (AvgIpc) is 3.48. The van der Waals surface area contributed by atoms with Crippen LogP contribution in [0.25, 0.3) is 0 Å². The van der Waals surface area contributed by atoms with Gasteiger partial charge in [-0.15, -0.1) is 11.8 Å². The van der Waals surface area contributed by atoms with Gasteiger partial charge in [-0.25, -0.2) is 0 Å². The highest BCUT2D eigenvalue weighted by Crippen LogP contribution is 2.33. The molecule has 4 aliphatic heterocycles. The molecule has 0 bridgehead atoms. The van der Waals surface area contributed by atoms with E-state index in [2.05, 4.69) is 0 Å². The monoisotopic (exact) mass is 470 g/mol. The molecule has 9 heteroatoms. The third-order valence-corrected chi connectivity index (χ3v) is 9.50. The van der Waals surface area contributed by atoms with Crippen molar-refractivity contribution in [3.8, 4) is 0 Å². The van der Waals surface area contributed by atoms with Crippen molar-refractivity contribution in [1.29, 1.82) is 0 Å². The number of thioether (sulfide) groups is 5.